The number of furan rings is 1. The summed E-state index contributed by atoms with van der Waals surface area (Å²) >= 11 is 0. The van der Waals surface area contributed by atoms with Gasteiger partial charge in [-0.1, -0.05) is 11.8 Å². The van der Waals surface area contributed by atoms with Gasteiger partial charge in [0.1, 0.15) is 11.5 Å². The highest BCUT2D eigenvalue weighted by Gasteiger charge is 2.17. The maximum Gasteiger partial charge on any atom is 0.273 e. The third-order valence-corrected chi connectivity index (χ3v) is 3.06. The normalized spacial score (nSPS) is 9.86. The molecule has 108 valence electrons. The van der Waals surface area contributed by atoms with Gasteiger partial charge < -0.3 is 15.1 Å². The predicted molar refractivity (Wildman–Crippen MR) is 79.4 cm³/mol. The first-order chi connectivity index (χ1) is 10.1. The van der Waals surface area contributed by atoms with Crippen molar-refractivity contribution in [1.82, 2.24) is 9.88 Å². The predicted octanol–water partition coefficient (Wildman–Crippen LogP) is 1.57. The summed E-state index contributed by atoms with van der Waals surface area (Å²) in [6, 6.07) is 5.37. The van der Waals surface area contributed by atoms with Gasteiger partial charge in [-0.15, -0.1) is 0 Å². The summed E-state index contributed by atoms with van der Waals surface area (Å²) in [6.07, 6.45) is 3.19. The molecule has 2 N–H and O–H groups in total. The van der Waals surface area contributed by atoms with E-state index in [1.54, 1.807) is 36.5 Å². The van der Waals surface area contributed by atoms with Crippen molar-refractivity contribution in [1.29, 1.82) is 0 Å². The van der Waals surface area contributed by atoms with Gasteiger partial charge in [0.25, 0.3) is 5.91 Å². The number of nitrogens with two attached hydrogens (primary N) is 1. The minimum atomic E-state index is -0.183. The highest BCUT2D eigenvalue weighted by Crippen LogP contribution is 2.13. The number of hydrogen-bond donors (Lipinski definition) is 1. The third kappa shape index (κ3) is 3.50. The highest BCUT2D eigenvalue weighted by molar-refractivity contribution is 5.94. The van der Waals surface area contributed by atoms with Gasteiger partial charge in [-0.05, 0) is 25.1 Å². The molecule has 0 spiro atoms. The molecule has 5 heteroatoms. The van der Waals surface area contributed by atoms with Crippen LogP contribution in [0.1, 0.15) is 27.4 Å². The molecule has 0 aliphatic rings. The van der Waals surface area contributed by atoms with Gasteiger partial charge >= 0.3 is 0 Å². The summed E-state index contributed by atoms with van der Waals surface area (Å²) in [5.41, 5.74) is 7.26. The van der Waals surface area contributed by atoms with Crippen LogP contribution in [0.5, 0.6) is 0 Å². The number of rotatable bonds is 3. The first kappa shape index (κ1) is 14.8. The lowest BCUT2D eigenvalue weighted by atomic mass is 10.1. The van der Waals surface area contributed by atoms with Crippen LogP contribution in [0.2, 0.25) is 0 Å². The van der Waals surface area contributed by atoms with Gasteiger partial charge in [-0.25, -0.2) is 4.98 Å². The molecule has 0 saturated heterocycles. The van der Waals surface area contributed by atoms with Crippen molar-refractivity contribution >= 4 is 5.91 Å². The van der Waals surface area contributed by atoms with E-state index in [1.807, 2.05) is 13.0 Å². The lowest BCUT2D eigenvalue weighted by molar-refractivity contribution is 0.0778. The molecule has 5 nitrogen and oxygen atoms in total. The van der Waals surface area contributed by atoms with Gasteiger partial charge in [0.05, 0.1) is 18.4 Å². The Kier molecular flexibility index (Phi) is 4.75. The molecular weight excluding hydrogens is 266 g/mol. The smallest absolute Gasteiger partial charge is 0.273 e. The minimum absolute atomic E-state index is 0.183. The van der Waals surface area contributed by atoms with E-state index >= 15 is 0 Å². The quantitative estimate of drug-likeness (QED) is 0.868. The summed E-state index contributed by atoms with van der Waals surface area (Å²) in [5.74, 6) is 6.24. The fraction of sp³-hybridized carbons (Fsp3) is 0.250. The number of aryl methyl sites for hydroxylation is 1. The number of hydrogen-bond acceptors (Lipinski definition) is 4. The Labute approximate surface area is 123 Å². The van der Waals surface area contributed by atoms with Crippen molar-refractivity contribution in [2.75, 3.05) is 13.6 Å². The van der Waals surface area contributed by atoms with Crippen LogP contribution in [0.15, 0.2) is 35.1 Å². The van der Waals surface area contributed by atoms with Crippen LogP contribution in [0.3, 0.4) is 0 Å². The van der Waals surface area contributed by atoms with Crippen LogP contribution in [0, 0.1) is 18.8 Å². The fourth-order valence-electron chi connectivity index (χ4n) is 1.91. The molecule has 0 atom stereocenters. The lowest BCUT2D eigenvalue weighted by Crippen LogP contribution is -2.27. The zero-order valence-corrected chi connectivity index (χ0v) is 12.1. The maximum atomic E-state index is 12.5. The van der Waals surface area contributed by atoms with Crippen LogP contribution < -0.4 is 5.73 Å². The summed E-state index contributed by atoms with van der Waals surface area (Å²) in [6.45, 7) is 2.57. The van der Waals surface area contributed by atoms with Crippen LogP contribution in [0.4, 0.5) is 0 Å². The van der Waals surface area contributed by atoms with Crippen LogP contribution in [-0.2, 0) is 6.54 Å². The van der Waals surface area contributed by atoms with E-state index in [1.165, 1.54) is 0 Å². The second kappa shape index (κ2) is 6.73. The molecule has 2 aromatic heterocycles. The molecule has 2 aromatic rings. The Morgan fingerprint density at radius 3 is 2.95 bits per heavy atom. The second-order valence-electron chi connectivity index (χ2n) is 4.57. The van der Waals surface area contributed by atoms with Crippen molar-refractivity contribution in [3.05, 3.63) is 53.2 Å². The molecule has 0 aliphatic carbocycles. The SMILES string of the molecule is Cc1occc1CN(C)C(=O)c1ncccc1C#CCN. The monoisotopic (exact) mass is 283 g/mol. The molecule has 0 radical (unpaired) electrons. The molecule has 1 amide bonds. The summed E-state index contributed by atoms with van der Waals surface area (Å²) in [7, 11) is 1.73. The van der Waals surface area contributed by atoms with Gasteiger partial charge in [0, 0.05) is 25.4 Å². The zero-order chi connectivity index (χ0) is 15.2. The Morgan fingerprint density at radius 1 is 1.48 bits per heavy atom. The largest absolute Gasteiger partial charge is 0.469 e. The molecule has 0 bridgehead atoms. The van der Waals surface area contributed by atoms with Crippen molar-refractivity contribution in [3.63, 3.8) is 0 Å². The van der Waals surface area contributed by atoms with Gasteiger partial charge in [0.2, 0.25) is 0 Å². The molecule has 0 saturated carbocycles. The molecule has 0 fully saturated rings. The highest BCUT2D eigenvalue weighted by atomic mass is 16.3. The topological polar surface area (TPSA) is 72.4 Å². The van der Waals surface area contributed by atoms with Crippen molar-refractivity contribution in [3.8, 4) is 11.8 Å². The van der Waals surface area contributed by atoms with E-state index in [4.69, 9.17) is 10.2 Å². The minimum Gasteiger partial charge on any atom is -0.469 e. The summed E-state index contributed by atoms with van der Waals surface area (Å²) in [5, 5.41) is 0. The number of aromatic nitrogens is 1. The first-order valence-corrected chi connectivity index (χ1v) is 6.56. The molecule has 2 rings (SSSR count). The number of carbonyl (C=O) groups excluding carboxylic acids is 1. The van der Waals surface area contributed by atoms with E-state index < -0.39 is 0 Å². The van der Waals surface area contributed by atoms with Crippen LogP contribution in [-0.4, -0.2) is 29.4 Å². The van der Waals surface area contributed by atoms with Crippen molar-refractivity contribution < 1.29 is 9.21 Å². The molecule has 2 heterocycles. The van der Waals surface area contributed by atoms with Gasteiger partial charge in [-0.2, -0.15) is 0 Å². The number of carbonyl (C=O) groups is 1. The Hall–Kier alpha value is -2.58. The van der Waals surface area contributed by atoms with E-state index in [0.717, 1.165) is 11.3 Å². The average molecular weight is 283 g/mol. The van der Waals surface area contributed by atoms with E-state index in [2.05, 4.69) is 16.8 Å². The van der Waals surface area contributed by atoms with E-state index in [-0.39, 0.29) is 12.5 Å². The van der Waals surface area contributed by atoms with E-state index in [9.17, 15) is 4.79 Å². The Balaban J connectivity index is 2.21. The van der Waals surface area contributed by atoms with Gasteiger partial charge in [0.15, 0.2) is 0 Å². The number of pyridine rings is 1. The Bertz CT molecular complexity index is 695. The summed E-state index contributed by atoms with van der Waals surface area (Å²) in [4.78, 5) is 18.2. The number of amides is 1. The molecular formula is C16H17N3O2. The van der Waals surface area contributed by atoms with E-state index in [0.29, 0.717) is 17.8 Å². The van der Waals surface area contributed by atoms with Gasteiger partial charge in [-0.3, -0.25) is 4.79 Å². The first-order valence-electron chi connectivity index (χ1n) is 6.56. The maximum absolute atomic E-state index is 12.5. The van der Waals surface area contributed by atoms with Crippen LogP contribution >= 0.6 is 0 Å². The second-order valence-corrected chi connectivity index (χ2v) is 4.57. The lowest BCUT2D eigenvalue weighted by Gasteiger charge is -2.16. The average Bonchev–Trinajstić information content (AvgIpc) is 2.90. The molecule has 21 heavy (non-hydrogen) atoms. The van der Waals surface area contributed by atoms with Crippen molar-refractivity contribution in [2.45, 2.75) is 13.5 Å². The fourth-order valence-corrected chi connectivity index (χ4v) is 1.91. The summed E-state index contributed by atoms with van der Waals surface area (Å²) < 4.78 is 5.24. The Morgan fingerprint density at radius 2 is 2.29 bits per heavy atom. The third-order valence-electron chi connectivity index (χ3n) is 3.06. The standard InChI is InChI=1S/C16H17N3O2/c1-12-14(7-10-21-12)11-19(2)16(20)15-13(5-3-8-17)6-4-9-18-15/h4,6-7,9-10H,8,11,17H2,1-2H3. The van der Waals surface area contributed by atoms with Crippen LogP contribution in [0.25, 0.3) is 0 Å². The molecule has 0 aliphatic heterocycles. The number of nitrogens with zero attached hydrogens (tertiary/aromatic N) is 2. The molecule has 0 unspecified atom stereocenters. The van der Waals surface area contributed by atoms with Crippen molar-refractivity contribution in [2.24, 2.45) is 5.73 Å². The zero-order valence-electron chi connectivity index (χ0n) is 12.1. The molecule has 0 aromatic carbocycles.